The molecule has 3 N–H and O–H groups in total. The molecule has 1 aliphatic rings. The van der Waals surface area contributed by atoms with Crippen LogP contribution in [0.5, 0.6) is 11.5 Å². The van der Waals surface area contributed by atoms with E-state index in [4.69, 9.17) is 4.74 Å². The highest BCUT2D eigenvalue weighted by molar-refractivity contribution is 5.90. The Balaban J connectivity index is 1.68. The predicted molar refractivity (Wildman–Crippen MR) is 99.6 cm³/mol. The molecule has 26 heavy (non-hydrogen) atoms. The molecule has 0 aliphatic heterocycles. The number of benzene rings is 2. The largest absolute Gasteiger partial charge is 0.504 e. The molecule has 3 rings (SSSR count). The van der Waals surface area contributed by atoms with Crippen molar-refractivity contribution in [2.45, 2.75) is 18.6 Å². The Morgan fingerprint density at radius 1 is 1.23 bits per heavy atom. The van der Waals surface area contributed by atoms with Gasteiger partial charge in [-0.3, -0.25) is 4.79 Å². The van der Waals surface area contributed by atoms with Crippen molar-refractivity contribution in [3.8, 4) is 11.5 Å². The first-order chi connectivity index (χ1) is 12.5. The lowest BCUT2D eigenvalue weighted by Gasteiger charge is -2.27. The Morgan fingerprint density at radius 2 is 2.00 bits per heavy atom. The Morgan fingerprint density at radius 3 is 2.73 bits per heavy atom. The number of methoxy groups -OCH3 is 1. The van der Waals surface area contributed by atoms with E-state index >= 15 is 0 Å². The number of carbonyl (C=O) groups is 1. The van der Waals surface area contributed by atoms with Crippen LogP contribution in [0.1, 0.15) is 17.5 Å². The number of phenols is 1. The second-order valence-corrected chi connectivity index (χ2v) is 6.21. The average molecular weight is 351 g/mol. The van der Waals surface area contributed by atoms with Gasteiger partial charge in [-0.25, -0.2) is 0 Å². The number of hydrogen-bond donors (Lipinski definition) is 3. The zero-order valence-electron chi connectivity index (χ0n) is 14.5. The van der Waals surface area contributed by atoms with Crippen LogP contribution in [0, 0.1) is 0 Å². The van der Waals surface area contributed by atoms with Crippen molar-refractivity contribution < 1.29 is 19.7 Å². The summed E-state index contributed by atoms with van der Waals surface area (Å²) < 4.78 is 5.06. The minimum Gasteiger partial charge on any atom is -0.504 e. The van der Waals surface area contributed by atoms with Gasteiger partial charge in [0.25, 0.3) is 5.91 Å². The van der Waals surface area contributed by atoms with E-state index in [2.05, 4.69) is 5.32 Å². The number of carbonyl (C=O) groups excluding carboxylic acids is 1. The molecule has 0 saturated carbocycles. The van der Waals surface area contributed by atoms with Crippen molar-refractivity contribution in [2.24, 2.45) is 0 Å². The van der Waals surface area contributed by atoms with Crippen LogP contribution in [0.25, 0.3) is 5.57 Å². The molecule has 0 aromatic heterocycles. The molecular weight excluding hydrogens is 330 g/mol. The van der Waals surface area contributed by atoms with Crippen LogP contribution >= 0.6 is 0 Å². The third-order valence-electron chi connectivity index (χ3n) is 4.36. The van der Waals surface area contributed by atoms with Gasteiger partial charge in [0, 0.05) is 13.0 Å². The number of nitrogens with one attached hydrogen (secondary N) is 1. The first-order valence-corrected chi connectivity index (χ1v) is 8.32. The molecule has 5 heteroatoms. The smallest absolute Gasteiger partial charge is 0.256 e. The minimum atomic E-state index is -1.60. The van der Waals surface area contributed by atoms with E-state index in [1.807, 2.05) is 36.4 Å². The minimum absolute atomic E-state index is 0.0362. The van der Waals surface area contributed by atoms with Gasteiger partial charge in [-0.15, -0.1) is 0 Å². The first-order valence-electron chi connectivity index (χ1n) is 8.32. The fourth-order valence-corrected chi connectivity index (χ4v) is 2.91. The molecule has 0 saturated heterocycles. The zero-order valence-corrected chi connectivity index (χ0v) is 14.5. The Labute approximate surface area is 152 Å². The van der Waals surface area contributed by atoms with Crippen LogP contribution in [0.3, 0.4) is 0 Å². The maximum Gasteiger partial charge on any atom is 0.256 e. The van der Waals surface area contributed by atoms with Crippen LogP contribution < -0.4 is 10.1 Å². The number of allylic oxidation sites excluding steroid dienone is 2. The van der Waals surface area contributed by atoms with E-state index < -0.39 is 11.5 Å². The van der Waals surface area contributed by atoms with Crippen LogP contribution in [-0.2, 0) is 11.3 Å². The van der Waals surface area contributed by atoms with Crippen LogP contribution in [0.2, 0.25) is 0 Å². The number of hydrogen-bond acceptors (Lipinski definition) is 4. The summed E-state index contributed by atoms with van der Waals surface area (Å²) in [4.78, 5) is 12.6. The molecule has 0 fully saturated rings. The molecule has 0 radical (unpaired) electrons. The molecule has 134 valence electrons. The molecule has 2 aromatic rings. The monoisotopic (exact) mass is 351 g/mol. The normalized spacial score (nSPS) is 18.9. The van der Waals surface area contributed by atoms with Crippen molar-refractivity contribution in [1.29, 1.82) is 0 Å². The third kappa shape index (κ3) is 3.78. The average Bonchev–Trinajstić information content (AvgIpc) is 2.67. The Hall–Kier alpha value is -3.05. The zero-order chi connectivity index (χ0) is 18.6. The Kier molecular flexibility index (Phi) is 5.09. The lowest BCUT2D eigenvalue weighted by atomic mass is 9.86. The van der Waals surface area contributed by atoms with Crippen molar-refractivity contribution >= 4 is 11.5 Å². The second-order valence-electron chi connectivity index (χ2n) is 6.21. The van der Waals surface area contributed by atoms with Gasteiger partial charge in [0.2, 0.25) is 0 Å². The van der Waals surface area contributed by atoms with Gasteiger partial charge in [-0.1, -0.05) is 48.6 Å². The molecule has 0 heterocycles. The highest BCUT2D eigenvalue weighted by atomic mass is 16.5. The van der Waals surface area contributed by atoms with E-state index in [0.29, 0.717) is 5.75 Å². The molecule has 1 unspecified atom stereocenters. The van der Waals surface area contributed by atoms with Gasteiger partial charge in [0.15, 0.2) is 17.1 Å². The molecule has 1 aliphatic carbocycles. The van der Waals surface area contributed by atoms with Gasteiger partial charge in [0.05, 0.1) is 7.11 Å². The van der Waals surface area contributed by atoms with Crippen LogP contribution in [0.15, 0.2) is 66.8 Å². The topological polar surface area (TPSA) is 78.8 Å². The van der Waals surface area contributed by atoms with Crippen molar-refractivity contribution in [3.63, 3.8) is 0 Å². The lowest BCUT2D eigenvalue weighted by Crippen LogP contribution is -2.45. The predicted octanol–water partition coefficient (Wildman–Crippen LogP) is 2.79. The van der Waals surface area contributed by atoms with Gasteiger partial charge in [-0.05, 0) is 34.9 Å². The summed E-state index contributed by atoms with van der Waals surface area (Å²) in [5.41, 5.74) is 1.04. The van der Waals surface area contributed by atoms with Crippen LogP contribution in [-0.4, -0.2) is 28.8 Å². The summed E-state index contributed by atoms with van der Waals surface area (Å²) in [6.45, 7) is 0.218. The Bertz CT molecular complexity index is 858. The molecule has 0 bridgehead atoms. The summed E-state index contributed by atoms with van der Waals surface area (Å²) in [5, 5.41) is 23.2. The summed E-state index contributed by atoms with van der Waals surface area (Å²) in [6, 6.07) is 14.5. The molecule has 0 spiro atoms. The molecule has 1 atom stereocenters. The fraction of sp³-hybridized carbons (Fsp3) is 0.190. The van der Waals surface area contributed by atoms with Crippen molar-refractivity contribution in [2.75, 3.05) is 7.11 Å². The van der Waals surface area contributed by atoms with Crippen molar-refractivity contribution in [3.05, 3.63) is 77.9 Å². The van der Waals surface area contributed by atoms with Gasteiger partial charge in [-0.2, -0.15) is 0 Å². The number of rotatable bonds is 5. The third-order valence-corrected chi connectivity index (χ3v) is 4.36. The summed E-state index contributed by atoms with van der Waals surface area (Å²) in [6.07, 6.45) is 5.32. The SMILES string of the molecule is COc1cc(CNC(=O)C2(O)C=CC=C(c3ccccc3)C2)ccc1O. The maximum absolute atomic E-state index is 12.6. The van der Waals surface area contributed by atoms with E-state index in [1.165, 1.54) is 19.3 Å². The van der Waals surface area contributed by atoms with E-state index in [9.17, 15) is 15.0 Å². The summed E-state index contributed by atoms with van der Waals surface area (Å²) in [5.74, 6) is -0.0984. The van der Waals surface area contributed by atoms with Gasteiger partial charge >= 0.3 is 0 Å². The summed E-state index contributed by atoms with van der Waals surface area (Å²) >= 11 is 0. The number of aliphatic hydroxyl groups is 1. The first kappa shape index (κ1) is 17.8. The molecule has 2 aromatic carbocycles. The highest BCUT2D eigenvalue weighted by Gasteiger charge is 2.35. The number of phenolic OH excluding ortho intramolecular Hbond substituents is 1. The highest BCUT2D eigenvalue weighted by Crippen LogP contribution is 2.30. The summed E-state index contributed by atoms with van der Waals surface area (Å²) in [7, 11) is 1.46. The molecule has 5 nitrogen and oxygen atoms in total. The van der Waals surface area contributed by atoms with E-state index in [1.54, 1.807) is 18.2 Å². The maximum atomic E-state index is 12.6. The molecular formula is C21H21NO4. The van der Waals surface area contributed by atoms with Gasteiger partial charge in [0.1, 0.15) is 0 Å². The quantitative estimate of drug-likeness (QED) is 0.774. The van der Waals surface area contributed by atoms with E-state index in [0.717, 1.165) is 16.7 Å². The number of ether oxygens (including phenoxy) is 1. The fourth-order valence-electron chi connectivity index (χ4n) is 2.91. The van der Waals surface area contributed by atoms with Crippen LogP contribution in [0.4, 0.5) is 0 Å². The van der Waals surface area contributed by atoms with Crippen molar-refractivity contribution in [1.82, 2.24) is 5.32 Å². The van der Waals surface area contributed by atoms with Gasteiger partial charge < -0.3 is 20.3 Å². The lowest BCUT2D eigenvalue weighted by molar-refractivity contribution is -0.135. The molecule has 1 amide bonds. The second kappa shape index (κ2) is 7.45. The van der Waals surface area contributed by atoms with E-state index in [-0.39, 0.29) is 18.7 Å². The number of aromatic hydroxyl groups is 1. The number of amides is 1. The standard InChI is InChI=1S/C21H21NO4/c1-26-19-12-15(9-10-18(19)23)14-22-20(24)21(25)11-5-8-17(13-21)16-6-3-2-4-7-16/h2-12,23,25H,13-14H2,1H3,(H,22,24).